The molecule has 1 amide bonds. The van der Waals surface area contributed by atoms with Gasteiger partial charge in [-0.15, -0.1) is 0 Å². The van der Waals surface area contributed by atoms with Crippen LogP contribution in [-0.2, 0) is 21.2 Å². The zero-order valence-corrected chi connectivity index (χ0v) is 18.6. The highest BCUT2D eigenvalue weighted by molar-refractivity contribution is 7.89. The van der Waals surface area contributed by atoms with Gasteiger partial charge in [0.2, 0.25) is 15.9 Å². The number of nitro benzene ring substituents is 1. The third-order valence-electron chi connectivity index (χ3n) is 4.67. The van der Waals surface area contributed by atoms with Crippen LogP contribution in [0.4, 0.5) is 11.4 Å². The topological polar surface area (TPSA) is 128 Å². The van der Waals surface area contributed by atoms with Crippen molar-refractivity contribution in [3.63, 3.8) is 0 Å². The Morgan fingerprint density at radius 3 is 2.36 bits per heavy atom. The predicted molar refractivity (Wildman–Crippen MR) is 124 cm³/mol. The Labute approximate surface area is 191 Å². The molecule has 172 valence electrons. The summed E-state index contributed by atoms with van der Waals surface area (Å²) in [5.74, 6) is -0.116. The Bertz CT molecular complexity index is 1210. The molecule has 2 N–H and O–H groups in total. The van der Waals surface area contributed by atoms with Gasteiger partial charge < -0.3 is 10.1 Å². The molecule has 1 atom stereocenters. The molecule has 0 unspecified atom stereocenters. The van der Waals surface area contributed by atoms with E-state index in [1.807, 2.05) is 13.0 Å². The van der Waals surface area contributed by atoms with Crippen LogP contribution in [0, 0.1) is 10.1 Å². The SMILES string of the molecule is CCOc1ccc(S(=O)(=O)N[C@@H](Cc2ccccc2)C(=O)Nc2cccc([N+](=O)[O-])c2)cc1. The molecule has 0 saturated carbocycles. The van der Waals surface area contributed by atoms with Crippen LogP contribution in [0.15, 0.2) is 83.8 Å². The van der Waals surface area contributed by atoms with Crippen LogP contribution in [0.2, 0.25) is 0 Å². The molecule has 0 saturated heterocycles. The first-order valence-corrected chi connectivity index (χ1v) is 11.6. The van der Waals surface area contributed by atoms with Crippen molar-refractivity contribution in [3.05, 3.63) is 94.5 Å². The second-order valence-electron chi connectivity index (χ2n) is 7.06. The van der Waals surface area contributed by atoms with Crippen molar-refractivity contribution in [1.29, 1.82) is 0 Å². The van der Waals surface area contributed by atoms with Crippen LogP contribution >= 0.6 is 0 Å². The van der Waals surface area contributed by atoms with Gasteiger partial charge in [-0.25, -0.2) is 8.42 Å². The van der Waals surface area contributed by atoms with E-state index < -0.39 is 26.9 Å². The van der Waals surface area contributed by atoms with E-state index >= 15 is 0 Å². The molecule has 0 radical (unpaired) electrons. The standard InChI is InChI=1S/C23H23N3O6S/c1-2-32-20-11-13-21(14-12-20)33(30,31)25-22(15-17-7-4-3-5-8-17)23(27)24-18-9-6-10-19(16-18)26(28)29/h3-14,16,22,25H,2,15H2,1H3,(H,24,27)/t22-/m0/s1. The van der Waals surface area contributed by atoms with Gasteiger partial charge in [-0.3, -0.25) is 14.9 Å². The fourth-order valence-corrected chi connectivity index (χ4v) is 4.30. The van der Waals surface area contributed by atoms with Crippen molar-refractivity contribution in [3.8, 4) is 5.75 Å². The number of rotatable bonds is 10. The van der Waals surface area contributed by atoms with E-state index in [0.717, 1.165) is 5.56 Å². The number of carbonyl (C=O) groups is 1. The number of amides is 1. The van der Waals surface area contributed by atoms with Gasteiger partial charge in [-0.05, 0) is 49.2 Å². The Morgan fingerprint density at radius 2 is 1.73 bits per heavy atom. The third kappa shape index (κ3) is 6.61. The summed E-state index contributed by atoms with van der Waals surface area (Å²) in [4.78, 5) is 23.4. The Kier molecular flexibility index (Phi) is 7.75. The molecule has 0 spiro atoms. The summed E-state index contributed by atoms with van der Waals surface area (Å²) in [5, 5.41) is 13.6. The highest BCUT2D eigenvalue weighted by Gasteiger charge is 2.26. The number of ether oxygens (including phenoxy) is 1. The summed E-state index contributed by atoms with van der Waals surface area (Å²) >= 11 is 0. The van der Waals surface area contributed by atoms with Crippen molar-refractivity contribution in [1.82, 2.24) is 4.72 Å². The first-order valence-electron chi connectivity index (χ1n) is 10.1. The number of benzene rings is 3. The van der Waals surface area contributed by atoms with Crippen LogP contribution in [-0.4, -0.2) is 31.9 Å². The van der Waals surface area contributed by atoms with Crippen LogP contribution in [0.5, 0.6) is 5.75 Å². The lowest BCUT2D eigenvalue weighted by Gasteiger charge is -2.19. The van der Waals surface area contributed by atoms with Crippen LogP contribution in [0.25, 0.3) is 0 Å². The predicted octanol–water partition coefficient (Wildman–Crippen LogP) is 3.52. The molecule has 0 aliphatic carbocycles. The molecule has 0 bridgehead atoms. The highest BCUT2D eigenvalue weighted by atomic mass is 32.2. The number of hydrogen-bond donors (Lipinski definition) is 2. The van der Waals surface area contributed by atoms with Gasteiger partial charge in [0.15, 0.2) is 0 Å². The molecule has 9 nitrogen and oxygen atoms in total. The monoisotopic (exact) mass is 469 g/mol. The van der Waals surface area contributed by atoms with E-state index in [-0.39, 0.29) is 22.7 Å². The molecule has 33 heavy (non-hydrogen) atoms. The molecule has 0 aliphatic heterocycles. The van der Waals surface area contributed by atoms with Gasteiger partial charge in [0.05, 0.1) is 16.4 Å². The summed E-state index contributed by atoms with van der Waals surface area (Å²) < 4.78 is 33.8. The zero-order chi connectivity index (χ0) is 23.8. The summed E-state index contributed by atoms with van der Waals surface area (Å²) in [7, 11) is -4.04. The minimum Gasteiger partial charge on any atom is -0.494 e. The van der Waals surface area contributed by atoms with Crippen LogP contribution in [0.3, 0.4) is 0 Å². The van der Waals surface area contributed by atoms with Gasteiger partial charge in [-0.1, -0.05) is 36.4 Å². The second kappa shape index (κ2) is 10.7. The van der Waals surface area contributed by atoms with Crippen molar-refractivity contribution < 1.29 is 22.9 Å². The molecular weight excluding hydrogens is 446 g/mol. The number of hydrogen-bond acceptors (Lipinski definition) is 6. The molecule has 0 heterocycles. The summed E-state index contributed by atoms with van der Waals surface area (Å²) in [6, 6.07) is 19.1. The Morgan fingerprint density at radius 1 is 1.03 bits per heavy atom. The van der Waals surface area contributed by atoms with Crippen LogP contribution in [0.1, 0.15) is 12.5 Å². The number of anilines is 1. The summed E-state index contributed by atoms with van der Waals surface area (Å²) in [6.45, 7) is 2.27. The van der Waals surface area contributed by atoms with E-state index in [2.05, 4.69) is 10.0 Å². The molecule has 0 aromatic heterocycles. The lowest BCUT2D eigenvalue weighted by Crippen LogP contribution is -2.45. The highest BCUT2D eigenvalue weighted by Crippen LogP contribution is 2.19. The fourth-order valence-electron chi connectivity index (χ4n) is 3.10. The Hall–Kier alpha value is -3.76. The number of sulfonamides is 1. The summed E-state index contributed by atoms with van der Waals surface area (Å²) in [5.41, 5.74) is 0.737. The lowest BCUT2D eigenvalue weighted by molar-refractivity contribution is -0.384. The maximum Gasteiger partial charge on any atom is 0.271 e. The fraction of sp³-hybridized carbons (Fsp3) is 0.174. The van der Waals surface area contributed by atoms with Gasteiger partial charge in [0, 0.05) is 17.8 Å². The van der Waals surface area contributed by atoms with E-state index in [1.165, 1.54) is 48.5 Å². The minimum absolute atomic E-state index is 0.0211. The molecule has 3 aromatic carbocycles. The van der Waals surface area contributed by atoms with E-state index in [1.54, 1.807) is 24.3 Å². The first-order chi connectivity index (χ1) is 15.8. The molecule has 10 heteroatoms. The van der Waals surface area contributed by atoms with Crippen LogP contribution < -0.4 is 14.8 Å². The van der Waals surface area contributed by atoms with Crippen molar-refractivity contribution in [2.75, 3.05) is 11.9 Å². The maximum absolute atomic E-state index is 13.0. The van der Waals surface area contributed by atoms with E-state index in [9.17, 15) is 23.3 Å². The quantitative estimate of drug-likeness (QED) is 0.345. The van der Waals surface area contributed by atoms with Gasteiger partial charge in [-0.2, -0.15) is 4.72 Å². The van der Waals surface area contributed by atoms with Crippen molar-refractivity contribution >= 4 is 27.3 Å². The van der Waals surface area contributed by atoms with Crippen molar-refractivity contribution in [2.45, 2.75) is 24.3 Å². The second-order valence-corrected chi connectivity index (χ2v) is 8.78. The Balaban J connectivity index is 1.85. The van der Waals surface area contributed by atoms with E-state index in [4.69, 9.17) is 4.74 Å². The number of nitrogens with zero attached hydrogens (tertiary/aromatic N) is 1. The largest absolute Gasteiger partial charge is 0.494 e. The normalized spacial score (nSPS) is 12.0. The molecule has 3 rings (SSSR count). The molecule has 0 fully saturated rings. The van der Waals surface area contributed by atoms with Gasteiger partial charge >= 0.3 is 0 Å². The number of carbonyl (C=O) groups excluding carboxylic acids is 1. The first kappa shape index (κ1) is 23.9. The number of non-ortho nitro benzene ring substituents is 1. The molecular formula is C23H23N3O6S. The van der Waals surface area contributed by atoms with Crippen molar-refractivity contribution in [2.24, 2.45) is 0 Å². The summed E-state index contributed by atoms with van der Waals surface area (Å²) in [6.07, 6.45) is 0.0812. The van der Waals surface area contributed by atoms with E-state index in [0.29, 0.717) is 12.4 Å². The number of nitrogens with one attached hydrogen (secondary N) is 2. The maximum atomic E-state index is 13.0. The molecule has 0 aliphatic rings. The average molecular weight is 470 g/mol. The molecule has 3 aromatic rings. The lowest BCUT2D eigenvalue weighted by atomic mass is 10.1. The number of nitro groups is 1. The minimum atomic E-state index is -4.04. The van der Waals surface area contributed by atoms with Gasteiger partial charge in [0.1, 0.15) is 11.8 Å². The smallest absolute Gasteiger partial charge is 0.271 e. The third-order valence-corrected chi connectivity index (χ3v) is 6.15. The van der Waals surface area contributed by atoms with Gasteiger partial charge in [0.25, 0.3) is 5.69 Å². The zero-order valence-electron chi connectivity index (χ0n) is 17.8. The average Bonchev–Trinajstić information content (AvgIpc) is 2.80.